The molecular formula is C34H45FN6O3. The average Bonchev–Trinajstić information content (AvgIpc) is 3.39. The summed E-state index contributed by atoms with van der Waals surface area (Å²) in [4.78, 5) is 29.3. The third-order valence-corrected chi connectivity index (χ3v) is 10.00. The first kappa shape index (κ1) is 30.6. The third-order valence-electron chi connectivity index (χ3n) is 10.00. The molecule has 2 aromatic rings. The van der Waals surface area contributed by atoms with Crippen LogP contribution in [-0.4, -0.2) is 83.4 Å². The largest absolute Gasteiger partial charge is 0.462 e. The Bertz CT molecular complexity index is 1440. The van der Waals surface area contributed by atoms with Crippen molar-refractivity contribution in [3.8, 4) is 12.1 Å². The van der Waals surface area contributed by atoms with Crippen molar-refractivity contribution >= 4 is 11.9 Å². The van der Waals surface area contributed by atoms with E-state index in [2.05, 4.69) is 29.0 Å². The number of carbonyl (C=O) groups excluding carboxylic acids is 1. The Kier molecular flexibility index (Phi) is 8.44. The van der Waals surface area contributed by atoms with Crippen LogP contribution in [0.4, 0.5) is 15.0 Å². The van der Waals surface area contributed by atoms with Crippen molar-refractivity contribution < 1.29 is 18.7 Å². The number of ether oxygens (including phenoxy) is 2. The average molecular weight is 605 g/mol. The number of hydrogen-bond donors (Lipinski definition) is 0. The number of anilines is 1. The van der Waals surface area contributed by atoms with Crippen LogP contribution in [0.2, 0.25) is 0 Å². The summed E-state index contributed by atoms with van der Waals surface area (Å²) in [5.74, 6) is 0.761. The number of nitrogens with zero attached hydrogens (tertiary/aromatic N) is 6. The van der Waals surface area contributed by atoms with Crippen molar-refractivity contribution in [3.05, 3.63) is 46.4 Å². The fourth-order valence-corrected chi connectivity index (χ4v) is 7.60. The zero-order chi connectivity index (χ0) is 31.1. The maximum Gasteiger partial charge on any atom is 0.410 e. The van der Waals surface area contributed by atoms with Gasteiger partial charge in [0.25, 0.3) is 0 Å². The molecule has 0 saturated carbocycles. The molecule has 2 aliphatic carbocycles. The normalized spacial score (nSPS) is 25.4. The van der Waals surface area contributed by atoms with Gasteiger partial charge in [-0.1, -0.05) is 12.1 Å². The molecule has 2 aliphatic heterocycles. The molecular weight excluding hydrogens is 559 g/mol. The summed E-state index contributed by atoms with van der Waals surface area (Å²) in [5.41, 5.74) is 3.55. The van der Waals surface area contributed by atoms with Gasteiger partial charge in [-0.15, -0.1) is 0 Å². The molecule has 44 heavy (non-hydrogen) atoms. The maximum absolute atomic E-state index is 14.6. The Morgan fingerprint density at radius 2 is 1.91 bits per heavy atom. The SMILES string of the molecule is CN1CCC[C@H]1COc1nc2c(c(N3CCN(C(=O)OC(C)(C)C)[C@@H](CC#N)C3)n1)CC[C@]1(CCc3c(F)cccc3C1)C2. The number of likely N-dealkylation sites (tertiary alicyclic amines) is 1. The van der Waals surface area contributed by atoms with E-state index in [1.165, 1.54) is 0 Å². The van der Waals surface area contributed by atoms with Crippen LogP contribution in [-0.2, 0) is 30.4 Å². The van der Waals surface area contributed by atoms with Crippen LogP contribution in [0.1, 0.15) is 75.3 Å². The quantitative estimate of drug-likeness (QED) is 0.466. The molecule has 0 radical (unpaired) electrons. The van der Waals surface area contributed by atoms with Gasteiger partial charge in [-0.05, 0) is 108 Å². The van der Waals surface area contributed by atoms with Crippen LogP contribution in [0, 0.1) is 22.6 Å². The van der Waals surface area contributed by atoms with Crippen LogP contribution in [0.5, 0.6) is 6.01 Å². The second kappa shape index (κ2) is 12.2. The molecule has 1 spiro atoms. The van der Waals surface area contributed by atoms with Crippen molar-refractivity contribution in [3.63, 3.8) is 0 Å². The van der Waals surface area contributed by atoms with E-state index in [-0.39, 0.29) is 29.8 Å². The number of halogens is 1. The van der Waals surface area contributed by atoms with E-state index in [1.807, 2.05) is 26.8 Å². The molecule has 1 amide bonds. The zero-order valence-electron chi connectivity index (χ0n) is 26.6. The molecule has 2 fully saturated rings. The summed E-state index contributed by atoms with van der Waals surface area (Å²) in [5, 5.41) is 9.65. The van der Waals surface area contributed by atoms with Gasteiger partial charge in [0.2, 0.25) is 0 Å². The lowest BCUT2D eigenvalue weighted by Gasteiger charge is -2.44. The first-order valence-corrected chi connectivity index (χ1v) is 16.1. The second-order valence-electron chi connectivity index (χ2n) is 14.2. The number of hydrogen-bond acceptors (Lipinski definition) is 8. The molecule has 10 heteroatoms. The van der Waals surface area contributed by atoms with E-state index >= 15 is 0 Å². The Morgan fingerprint density at radius 1 is 1.11 bits per heavy atom. The number of benzene rings is 1. The number of fused-ring (bicyclic) bond motifs is 2. The lowest BCUT2D eigenvalue weighted by Crippen LogP contribution is -2.56. The molecule has 9 nitrogen and oxygen atoms in total. The van der Waals surface area contributed by atoms with E-state index in [4.69, 9.17) is 19.4 Å². The van der Waals surface area contributed by atoms with E-state index in [1.54, 1.807) is 11.0 Å². The van der Waals surface area contributed by atoms with Gasteiger partial charge in [0.15, 0.2) is 0 Å². The Balaban J connectivity index is 1.29. The summed E-state index contributed by atoms with van der Waals surface area (Å²) >= 11 is 0. The number of amides is 1. The van der Waals surface area contributed by atoms with Crippen molar-refractivity contribution in [2.24, 2.45) is 5.41 Å². The highest BCUT2D eigenvalue weighted by molar-refractivity contribution is 5.69. The summed E-state index contributed by atoms with van der Waals surface area (Å²) in [6.07, 6.45) is 7.21. The topological polar surface area (TPSA) is 94.8 Å². The Hall–Kier alpha value is -3.45. The Labute approximate surface area is 260 Å². The smallest absolute Gasteiger partial charge is 0.410 e. The van der Waals surface area contributed by atoms with Gasteiger partial charge in [0.05, 0.1) is 24.2 Å². The first-order valence-electron chi connectivity index (χ1n) is 16.1. The van der Waals surface area contributed by atoms with E-state index < -0.39 is 5.60 Å². The molecule has 3 atom stereocenters. The summed E-state index contributed by atoms with van der Waals surface area (Å²) < 4.78 is 26.6. The summed E-state index contributed by atoms with van der Waals surface area (Å²) in [6, 6.07) is 8.16. The highest BCUT2D eigenvalue weighted by Crippen LogP contribution is 2.47. The molecule has 0 N–H and O–H groups in total. The molecule has 3 heterocycles. The van der Waals surface area contributed by atoms with Crippen molar-refractivity contribution in [1.29, 1.82) is 5.26 Å². The van der Waals surface area contributed by atoms with Gasteiger partial charge in [-0.25, -0.2) is 9.18 Å². The van der Waals surface area contributed by atoms with Gasteiger partial charge in [0, 0.05) is 31.2 Å². The minimum atomic E-state index is -0.613. The first-order chi connectivity index (χ1) is 21.0. The van der Waals surface area contributed by atoms with Crippen LogP contribution in [0.3, 0.4) is 0 Å². The van der Waals surface area contributed by atoms with E-state index in [9.17, 15) is 14.4 Å². The van der Waals surface area contributed by atoms with Crippen LogP contribution >= 0.6 is 0 Å². The predicted octanol–water partition coefficient (Wildman–Crippen LogP) is 5.09. The van der Waals surface area contributed by atoms with Crippen LogP contribution in [0.15, 0.2) is 18.2 Å². The maximum atomic E-state index is 14.6. The standard InChI is InChI=1S/C34H45FN6O3/c1-33(2,3)44-32(42)41-18-17-40(21-24(41)12-15-36)30-27-11-14-34(13-10-26-23(19-34)7-5-9-28(26)35)20-29(27)37-31(38-30)43-22-25-8-6-16-39(25)4/h5,7,9,24-25H,6,8,10-14,16-22H2,1-4H3/t24-,25-,34-/m0/s1. The fourth-order valence-electron chi connectivity index (χ4n) is 7.60. The number of likely N-dealkylation sites (N-methyl/N-ethyl adjacent to an activating group) is 1. The van der Waals surface area contributed by atoms with Crippen molar-refractivity contribution in [2.75, 3.05) is 44.7 Å². The minimum Gasteiger partial charge on any atom is -0.462 e. The highest BCUT2D eigenvalue weighted by Gasteiger charge is 2.42. The van der Waals surface area contributed by atoms with Crippen molar-refractivity contribution in [1.82, 2.24) is 19.8 Å². The van der Waals surface area contributed by atoms with Crippen LogP contribution in [0.25, 0.3) is 0 Å². The number of rotatable bonds is 5. The number of aromatic nitrogens is 2. The summed E-state index contributed by atoms with van der Waals surface area (Å²) in [7, 11) is 2.13. The molecule has 1 aromatic carbocycles. The van der Waals surface area contributed by atoms with Crippen molar-refractivity contribution in [2.45, 2.75) is 96.2 Å². The second-order valence-corrected chi connectivity index (χ2v) is 14.2. The molecule has 236 valence electrons. The van der Waals surface area contributed by atoms with Crippen LogP contribution < -0.4 is 9.64 Å². The third kappa shape index (κ3) is 6.35. The fraction of sp³-hybridized carbons (Fsp3) is 0.647. The number of piperazine rings is 1. The van der Waals surface area contributed by atoms with Gasteiger partial charge < -0.3 is 24.2 Å². The lowest BCUT2D eigenvalue weighted by atomic mass is 9.63. The van der Waals surface area contributed by atoms with E-state index in [0.29, 0.717) is 38.3 Å². The molecule has 4 aliphatic rings. The summed E-state index contributed by atoms with van der Waals surface area (Å²) in [6.45, 7) is 8.67. The predicted molar refractivity (Wildman–Crippen MR) is 165 cm³/mol. The number of carbonyl (C=O) groups is 1. The zero-order valence-corrected chi connectivity index (χ0v) is 26.6. The van der Waals surface area contributed by atoms with Gasteiger partial charge in [-0.3, -0.25) is 0 Å². The number of nitriles is 1. The molecule has 0 bridgehead atoms. The minimum absolute atomic E-state index is 0.0289. The molecule has 0 unspecified atom stereocenters. The molecule has 2 saturated heterocycles. The monoisotopic (exact) mass is 604 g/mol. The Morgan fingerprint density at radius 3 is 2.64 bits per heavy atom. The van der Waals surface area contributed by atoms with Gasteiger partial charge in [-0.2, -0.15) is 15.2 Å². The molecule has 6 rings (SSSR count). The highest BCUT2D eigenvalue weighted by atomic mass is 19.1. The molecule has 1 aromatic heterocycles. The van der Waals surface area contributed by atoms with E-state index in [0.717, 1.165) is 86.1 Å². The van der Waals surface area contributed by atoms with Gasteiger partial charge in [0.1, 0.15) is 23.8 Å². The lowest BCUT2D eigenvalue weighted by molar-refractivity contribution is 0.0144. The van der Waals surface area contributed by atoms with Gasteiger partial charge >= 0.3 is 12.1 Å².